The molecule has 1 heterocycles. The van der Waals surface area contributed by atoms with Gasteiger partial charge in [-0.2, -0.15) is 0 Å². The number of piperazine rings is 1. The first kappa shape index (κ1) is 14.9. The zero-order chi connectivity index (χ0) is 14.5. The van der Waals surface area contributed by atoms with E-state index in [9.17, 15) is 4.79 Å². The molecule has 1 aromatic rings. The summed E-state index contributed by atoms with van der Waals surface area (Å²) < 4.78 is 5.18. The summed E-state index contributed by atoms with van der Waals surface area (Å²) in [5, 5.41) is 0. The third kappa shape index (κ3) is 3.31. The van der Waals surface area contributed by atoms with Gasteiger partial charge in [0.1, 0.15) is 5.75 Å². The van der Waals surface area contributed by atoms with Crippen molar-refractivity contribution in [3.05, 3.63) is 29.8 Å². The molecule has 0 spiro atoms. The number of carbonyl (C=O) groups excluding carboxylic acids is 1. The van der Waals surface area contributed by atoms with Crippen molar-refractivity contribution < 1.29 is 9.53 Å². The van der Waals surface area contributed by atoms with Gasteiger partial charge in [0.15, 0.2) is 0 Å². The van der Waals surface area contributed by atoms with Crippen molar-refractivity contribution in [1.82, 2.24) is 9.80 Å². The molecule has 1 unspecified atom stereocenters. The summed E-state index contributed by atoms with van der Waals surface area (Å²) in [5.41, 5.74) is 0.710. The lowest BCUT2D eigenvalue weighted by atomic mass is 10.1. The molecule has 4 heteroatoms. The Morgan fingerprint density at radius 1 is 1.30 bits per heavy atom. The number of amides is 1. The van der Waals surface area contributed by atoms with Crippen LogP contribution >= 0.6 is 0 Å². The molecule has 1 aliphatic rings. The maximum atomic E-state index is 12.5. The second kappa shape index (κ2) is 6.75. The summed E-state index contributed by atoms with van der Waals surface area (Å²) in [6.07, 6.45) is 1.16. The van der Waals surface area contributed by atoms with Gasteiger partial charge in [-0.3, -0.25) is 9.69 Å². The van der Waals surface area contributed by atoms with Crippen molar-refractivity contribution in [2.45, 2.75) is 26.3 Å². The summed E-state index contributed by atoms with van der Waals surface area (Å²) in [5.74, 6) is 0.835. The Balaban J connectivity index is 1.97. The summed E-state index contributed by atoms with van der Waals surface area (Å²) in [6, 6.07) is 7.98. The summed E-state index contributed by atoms with van der Waals surface area (Å²) >= 11 is 0. The minimum Gasteiger partial charge on any atom is -0.497 e. The summed E-state index contributed by atoms with van der Waals surface area (Å²) in [6.45, 7) is 7.99. The van der Waals surface area contributed by atoms with Gasteiger partial charge in [-0.25, -0.2) is 0 Å². The first-order valence-corrected chi connectivity index (χ1v) is 7.33. The van der Waals surface area contributed by atoms with Crippen LogP contribution in [0.15, 0.2) is 24.3 Å². The van der Waals surface area contributed by atoms with Crippen LogP contribution in [-0.4, -0.2) is 55.0 Å². The number of benzene rings is 1. The minimum absolute atomic E-state index is 0.104. The first-order chi connectivity index (χ1) is 9.65. The van der Waals surface area contributed by atoms with E-state index in [1.807, 2.05) is 29.2 Å². The Morgan fingerprint density at radius 3 is 2.60 bits per heavy atom. The van der Waals surface area contributed by atoms with Gasteiger partial charge in [-0.05, 0) is 31.5 Å². The smallest absolute Gasteiger partial charge is 0.254 e. The van der Waals surface area contributed by atoms with Gasteiger partial charge in [0.25, 0.3) is 5.91 Å². The standard InChI is InChI=1S/C16H24N2O2/c1-4-13(2)17-8-10-18(11-9-17)16(19)14-6-5-7-15(12-14)20-3/h5-7,12-13H,4,8-11H2,1-3H3. The van der Waals surface area contributed by atoms with Gasteiger partial charge in [0.05, 0.1) is 7.11 Å². The van der Waals surface area contributed by atoms with E-state index in [1.165, 1.54) is 0 Å². The Kier molecular flexibility index (Phi) is 5.01. The van der Waals surface area contributed by atoms with Crippen LogP contribution in [0, 0.1) is 0 Å². The molecular weight excluding hydrogens is 252 g/mol. The normalized spacial score (nSPS) is 17.9. The van der Waals surface area contributed by atoms with Crippen molar-refractivity contribution in [2.75, 3.05) is 33.3 Å². The lowest BCUT2D eigenvalue weighted by molar-refractivity contribution is 0.0579. The van der Waals surface area contributed by atoms with Gasteiger partial charge in [-0.15, -0.1) is 0 Å². The number of methoxy groups -OCH3 is 1. The monoisotopic (exact) mass is 276 g/mol. The molecule has 1 atom stereocenters. The molecule has 1 saturated heterocycles. The fourth-order valence-electron chi connectivity index (χ4n) is 2.56. The quantitative estimate of drug-likeness (QED) is 0.845. The van der Waals surface area contributed by atoms with Crippen LogP contribution in [-0.2, 0) is 0 Å². The molecule has 1 amide bonds. The van der Waals surface area contributed by atoms with Crippen LogP contribution in [0.4, 0.5) is 0 Å². The lowest BCUT2D eigenvalue weighted by Crippen LogP contribution is -2.51. The summed E-state index contributed by atoms with van der Waals surface area (Å²) in [4.78, 5) is 16.9. The molecular formula is C16H24N2O2. The highest BCUT2D eigenvalue weighted by atomic mass is 16.5. The molecule has 0 N–H and O–H groups in total. The number of ether oxygens (including phenoxy) is 1. The predicted octanol–water partition coefficient (Wildman–Crippen LogP) is 2.25. The highest BCUT2D eigenvalue weighted by Crippen LogP contribution is 2.16. The van der Waals surface area contributed by atoms with E-state index in [2.05, 4.69) is 18.7 Å². The molecule has 20 heavy (non-hydrogen) atoms. The maximum absolute atomic E-state index is 12.5. The van der Waals surface area contributed by atoms with Crippen LogP contribution in [0.3, 0.4) is 0 Å². The van der Waals surface area contributed by atoms with Crippen molar-refractivity contribution in [1.29, 1.82) is 0 Å². The summed E-state index contributed by atoms with van der Waals surface area (Å²) in [7, 11) is 1.62. The Morgan fingerprint density at radius 2 is 2.00 bits per heavy atom. The van der Waals surface area contributed by atoms with Crippen molar-refractivity contribution in [3.63, 3.8) is 0 Å². The van der Waals surface area contributed by atoms with Crippen molar-refractivity contribution in [3.8, 4) is 5.75 Å². The minimum atomic E-state index is 0.104. The van der Waals surface area contributed by atoms with Crippen LogP contribution in [0.2, 0.25) is 0 Å². The Bertz CT molecular complexity index is 454. The molecule has 1 aliphatic heterocycles. The van der Waals surface area contributed by atoms with E-state index in [0.29, 0.717) is 11.6 Å². The fraction of sp³-hybridized carbons (Fsp3) is 0.562. The van der Waals surface area contributed by atoms with Crippen LogP contribution < -0.4 is 4.74 Å². The lowest BCUT2D eigenvalue weighted by Gasteiger charge is -2.37. The van der Waals surface area contributed by atoms with Gasteiger partial charge in [0, 0.05) is 37.8 Å². The van der Waals surface area contributed by atoms with E-state index in [4.69, 9.17) is 4.74 Å². The van der Waals surface area contributed by atoms with E-state index in [-0.39, 0.29) is 5.91 Å². The van der Waals surface area contributed by atoms with Crippen LogP contribution in [0.1, 0.15) is 30.6 Å². The average molecular weight is 276 g/mol. The third-order valence-corrected chi connectivity index (χ3v) is 4.13. The Hall–Kier alpha value is -1.55. The first-order valence-electron chi connectivity index (χ1n) is 7.33. The van der Waals surface area contributed by atoms with Crippen molar-refractivity contribution >= 4 is 5.91 Å². The molecule has 0 aromatic heterocycles. The second-order valence-corrected chi connectivity index (χ2v) is 5.32. The number of nitrogens with zero attached hydrogens (tertiary/aromatic N) is 2. The molecule has 0 radical (unpaired) electrons. The molecule has 2 rings (SSSR count). The van der Waals surface area contributed by atoms with Crippen LogP contribution in [0.5, 0.6) is 5.75 Å². The van der Waals surface area contributed by atoms with E-state index < -0.39 is 0 Å². The number of rotatable bonds is 4. The van der Waals surface area contributed by atoms with Gasteiger partial charge in [0.2, 0.25) is 0 Å². The van der Waals surface area contributed by atoms with Gasteiger partial charge in [-0.1, -0.05) is 13.0 Å². The van der Waals surface area contributed by atoms with Gasteiger partial charge < -0.3 is 9.64 Å². The molecule has 0 aliphatic carbocycles. The average Bonchev–Trinajstić information content (AvgIpc) is 2.53. The molecule has 1 fully saturated rings. The largest absolute Gasteiger partial charge is 0.497 e. The third-order valence-electron chi connectivity index (χ3n) is 4.13. The van der Waals surface area contributed by atoms with E-state index in [0.717, 1.165) is 38.3 Å². The number of hydrogen-bond acceptors (Lipinski definition) is 3. The van der Waals surface area contributed by atoms with Crippen molar-refractivity contribution in [2.24, 2.45) is 0 Å². The van der Waals surface area contributed by atoms with E-state index >= 15 is 0 Å². The molecule has 110 valence electrons. The number of carbonyl (C=O) groups is 1. The second-order valence-electron chi connectivity index (χ2n) is 5.32. The molecule has 1 aromatic carbocycles. The highest BCUT2D eigenvalue weighted by Gasteiger charge is 2.24. The zero-order valence-electron chi connectivity index (χ0n) is 12.6. The zero-order valence-corrected chi connectivity index (χ0v) is 12.6. The van der Waals surface area contributed by atoms with E-state index in [1.54, 1.807) is 7.11 Å². The van der Waals surface area contributed by atoms with Gasteiger partial charge >= 0.3 is 0 Å². The topological polar surface area (TPSA) is 32.8 Å². The molecule has 4 nitrogen and oxygen atoms in total. The fourth-order valence-corrected chi connectivity index (χ4v) is 2.56. The molecule has 0 bridgehead atoms. The molecule has 0 saturated carbocycles. The van der Waals surface area contributed by atoms with Crippen LogP contribution in [0.25, 0.3) is 0 Å². The SMILES string of the molecule is CCC(C)N1CCN(C(=O)c2cccc(OC)c2)CC1. The maximum Gasteiger partial charge on any atom is 0.254 e. The number of hydrogen-bond donors (Lipinski definition) is 0. The Labute approximate surface area is 121 Å². The predicted molar refractivity (Wildman–Crippen MR) is 80.2 cm³/mol. The highest BCUT2D eigenvalue weighted by molar-refractivity contribution is 5.94.